The molecule has 1 aliphatic rings. The summed E-state index contributed by atoms with van der Waals surface area (Å²) in [5.41, 5.74) is 6.64. The Kier molecular flexibility index (Phi) is 5.40. The van der Waals surface area contributed by atoms with E-state index in [1.165, 1.54) is 4.90 Å². The Balaban J connectivity index is 1.62. The van der Waals surface area contributed by atoms with Gasteiger partial charge in [0.15, 0.2) is 0 Å². The summed E-state index contributed by atoms with van der Waals surface area (Å²) in [6, 6.07) is 14.6. The van der Waals surface area contributed by atoms with Gasteiger partial charge in [-0.3, -0.25) is 14.4 Å². The number of benzene rings is 2. The molecule has 0 aromatic heterocycles. The molecule has 2 aromatic rings. The molecule has 27 heavy (non-hydrogen) atoms. The molecule has 0 aliphatic carbocycles. The van der Waals surface area contributed by atoms with Gasteiger partial charge >= 0.3 is 0 Å². The van der Waals surface area contributed by atoms with Crippen LogP contribution in [0.5, 0.6) is 11.5 Å². The van der Waals surface area contributed by atoms with Crippen LogP contribution in [0.2, 0.25) is 0 Å². The summed E-state index contributed by atoms with van der Waals surface area (Å²) in [6.45, 7) is 0.541. The Morgan fingerprint density at radius 1 is 1.15 bits per heavy atom. The van der Waals surface area contributed by atoms with Crippen LogP contribution in [0, 0.1) is 5.92 Å². The van der Waals surface area contributed by atoms with Crippen LogP contribution in [0.25, 0.3) is 0 Å². The lowest BCUT2D eigenvalue weighted by Crippen LogP contribution is -2.32. The molecule has 0 bridgehead atoms. The van der Waals surface area contributed by atoms with Crippen LogP contribution in [-0.2, 0) is 21.0 Å². The third kappa shape index (κ3) is 4.25. The number of nitrogens with two attached hydrogens (primary N) is 1. The van der Waals surface area contributed by atoms with Crippen molar-refractivity contribution in [2.24, 2.45) is 11.7 Å². The highest BCUT2D eigenvalue weighted by Crippen LogP contribution is 2.27. The Morgan fingerprint density at radius 3 is 2.56 bits per heavy atom. The second-order valence-electron chi connectivity index (χ2n) is 6.27. The molecule has 0 saturated carbocycles. The van der Waals surface area contributed by atoms with Crippen molar-refractivity contribution in [3.63, 3.8) is 0 Å². The van der Waals surface area contributed by atoms with E-state index in [9.17, 15) is 14.4 Å². The minimum absolute atomic E-state index is 0.00410. The molecule has 2 aromatic carbocycles. The lowest BCUT2D eigenvalue weighted by Gasteiger charge is -2.17. The van der Waals surface area contributed by atoms with Crippen LogP contribution in [0.3, 0.4) is 0 Å². The zero-order chi connectivity index (χ0) is 19.4. The van der Waals surface area contributed by atoms with Gasteiger partial charge in [-0.15, -0.1) is 0 Å². The zero-order valence-electron chi connectivity index (χ0n) is 14.9. The van der Waals surface area contributed by atoms with Crippen molar-refractivity contribution in [1.29, 1.82) is 0 Å². The van der Waals surface area contributed by atoms with Crippen LogP contribution < -0.4 is 20.1 Å². The number of nitrogens with zero attached hydrogens (tertiary/aromatic N) is 1. The number of ketones is 1. The number of Topliss-reactive ketones (excluding diaryl/α,β-unsaturated/α-hetero) is 1. The average molecular weight is 368 g/mol. The molecular weight excluding hydrogens is 348 g/mol. The van der Waals surface area contributed by atoms with E-state index in [1.807, 2.05) is 24.3 Å². The first-order chi connectivity index (χ1) is 13.0. The summed E-state index contributed by atoms with van der Waals surface area (Å²) in [5.74, 6) is -1.18. The molecule has 1 heterocycles. The van der Waals surface area contributed by atoms with E-state index in [4.69, 9.17) is 15.2 Å². The van der Waals surface area contributed by atoms with Gasteiger partial charge in [0.25, 0.3) is 5.91 Å². The van der Waals surface area contributed by atoms with Crippen molar-refractivity contribution in [1.82, 2.24) is 0 Å². The highest BCUT2D eigenvalue weighted by atomic mass is 16.5. The monoisotopic (exact) mass is 368 g/mol. The fourth-order valence-corrected chi connectivity index (χ4v) is 2.99. The van der Waals surface area contributed by atoms with E-state index in [2.05, 4.69) is 0 Å². The summed E-state index contributed by atoms with van der Waals surface area (Å²) in [7, 11) is 1.61. The maximum absolute atomic E-state index is 12.1. The second-order valence-corrected chi connectivity index (χ2v) is 6.27. The minimum Gasteiger partial charge on any atom is -0.497 e. The maximum Gasteiger partial charge on any atom is 0.285 e. The number of ether oxygens (including phenoxy) is 2. The zero-order valence-corrected chi connectivity index (χ0v) is 14.9. The largest absolute Gasteiger partial charge is 0.497 e. The van der Waals surface area contributed by atoms with Crippen molar-refractivity contribution in [3.05, 3.63) is 54.1 Å². The molecule has 2 N–H and O–H groups in total. The molecule has 2 amide bonds. The predicted octanol–water partition coefficient (Wildman–Crippen LogP) is 1.68. The van der Waals surface area contributed by atoms with E-state index in [0.717, 1.165) is 11.3 Å². The number of primary amides is 1. The van der Waals surface area contributed by atoms with E-state index >= 15 is 0 Å². The van der Waals surface area contributed by atoms with Crippen LogP contribution in [0.4, 0.5) is 5.69 Å². The molecule has 1 aliphatic heterocycles. The van der Waals surface area contributed by atoms with Gasteiger partial charge in [0.1, 0.15) is 18.1 Å². The Morgan fingerprint density at radius 2 is 1.89 bits per heavy atom. The predicted molar refractivity (Wildman–Crippen MR) is 98.4 cm³/mol. The summed E-state index contributed by atoms with van der Waals surface area (Å²) in [5, 5.41) is 0. The first-order valence-electron chi connectivity index (χ1n) is 8.47. The summed E-state index contributed by atoms with van der Waals surface area (Å²) in [6.07, 6.45) is -0.00410. The number of anilines is 1. The van der Waals surface area contributed by atoms with Gasteiger partial charge in [-0.1, -0.05) is 12.1 Å². The highest BCUT2D eigenvalue weighted by molar-refractivity contribution is 6.37. The van der Waals surface area contributed by atoms with Crippen molar-refractivity contribution < 1.29 is 23.9 Å². The van der Waals surface area contributed by atoms with Crippen molar-refractivity contribution in [2.45, 2.75) is 13.0 Å². The van der Waals surface area contributed by atoms with Crippen LogP contribution in [0.1, 0.15) is 12.0 Å². The summed E-state index contributed by atoms with van der Waals surface area (Å²) < 4.78 is 10.9. The topological polar surface area (TPSA) is 98.9 Å². The summed E-state index contributed by atoms with van der Waals surface area (Å²) >= 11 is 0. The van der Waals surface area contributed by atoms with Gasteiger partial charge in [0.2, 0.25) is 11.7 Å². The lowest BCUT2D eigenvalue weighted by molar-refractivity contribution is -0.138. The van der Waals surface area contributed by atoms with E-state index in [0.29, 0.717) is 18.0 Å². The SMILES string of the molecule is COc1cccc(COc2ccc(N3CC(C(=O)C(N)=O)CC3=O)cc2)c1. The third-order valence-corrected chi connectivity index (χ3v) is 4.43. The van der Waals surface area contributed by atoms with Gasteiger partial charge < -0.3 is 20.1 Å². The molecule has 7 nitrogen and oxygen atoms in total. The molecule has 1 saturated heterocycles. The smallest absolute Gasteiger partial charge is 0.285 e. The Labute approximate surface area is 156 Å². The van der Waals surface area contributed by atoms with E-state index in [-0.39, 0.29) is 18.9 Å². The molecule has 1 atom stereocenters. The molecule has 140 valence electrons. The van der Waals surface area contributed by atoms with Gasteiger partial charge in [0.05, 0.1) is 13.0 Å². The number of methoxy groups -OCH3 is 1. The first-order valence-corrected chi connectivity index (χ1v) is 8.47. The van der Waals surface area contributed by atoms with E-state index < -0.39 is 17.6 Å². The van der Waals surface area contributed by atoms with Gasteiger partial charge in [-0.2, -0.15) is 0 Å². The van der Waals surface area contributed by atoms with E-state index in [1.54, 1.807) is 31.4 Å². The Bertz CT molecular complexity index is 863. The number of hydrogen-bond donors (Lipinski definition) is 1. The number of hydrogen-bond acceptors (Lipinski definition) is 5. The molecule has 3 rings (SSSR count). The van der Waals surface area contributed by atoms with Crippen LogP contribution in [-0.4, -0.2) is 31.3 Å². The van der Waals surface area contributed by atoms with Gasteiger partial charge in [-0.25, -0.2) is 0 Å². The number of rotatable bonds is 7. The maximum atomic E-state index is 12.1. The highest BCUT2D eigenvalue weighted by Gasteiger charge is 2.36. The number of amides is 2. The number of carbonyl (C=O) groups is 3. The molecule has 0 radical (unpaired) electrons. The fourth-order valence-electron chi connectivity index (χ4n) is 2.99. The standard InChI is InChI=1S/C20H20N2O5/c1-26-17-4-2-3-13(9-17)12-27-16-7-5-15(6-8-16)22-11-14(10-18(22)23)19(24)20(21)25/h2-9,14H,10-12H2,1H3,(H2,21,25). The van der Waals surface area contributed by atoms with Gasteiger partial charge in [0, 0.05) is 18.7 Å². The molecule has 1 unspecified atom stereocenters. The third-order valence-electron chi connectivity index (χ3n) is 4.43. The summed E-state index contributed by atoms with van der Waals surface area (Å²) in [4.78, 5) is 36.4. The average Bonchev–Trinajstić information content (AvgIpc) is 3.07. The molecule has 7 heteroatoms. The molecule has 0 spiro atoms. The normalized spacial score (nSPS) is 16.3. The lowest BCUT2D eigenvalue weighted by atomic mass is 10.0. The van der Waals surface area contributed by atoms with Gasteiger partial charge in [-0.05, 0) is 42.0 Å². The Hall–Kier alpha value is -3.35. The molecule has 1 fully saturated rings. The molecular formula is C20H20N2O5. The van der Waals surface area contributed by atoms with Crippen LogP contribution in [0.15, 0.2) is 48.5 Å². The fraction of sp³-hybridized carbons (Fsp3) is 0.250. The van der Waals surface area contributed by atoms with Crippen molar-refractivity contribution in [3.8, 4) is 11.5 Å². The number of carbonyl (C=O) groups excluding carboxylic acids is 3. The van der Waals surface area contributed by atoms with Crippen molar-refractivity contribution in [2.75, 3.05) is 18.6 Å². The second kappa shape index (κ2) is 7.90. The van der Waals surface area contributed by atoms with Crippen LogP contribution >= 0.6 is 0 Å². The quantitative estimate of drug-likeness (QED) is 0.750. The van der Waals surface area contributed by atoms with Crippen molar-refractivity contribution >= 4 is 23.3 Å². The minimum atomic E-state index is -1.00. The first kappa shape index (κ1) is 18.4.